The zero-order valence-corrected chi connectivity index (χ0v) is 9.56. The topological polar surface area (TPSA) is 69.6 Å². The molecular weight excluding hydrogens is 220 g/mol. The summed E-state index contributed by atoms with van der Waals surface area (Å²) in [6.07, 6.45) is 0.714. The predicted octanol–water partition coefficient (Wildman–Crippen LogP) is 0.493. The van der Waals surface area contributed by atoms with Crippen LogP contribution in [0.2, 0.25) is 0 Å². The molecule has 1 aromatic rings. The minimum absolute atomic E-state index is 0.00863. The Morgan fingerprint density at radius 2 is 2.24 bits per heavy atom. The highest BCUT2D eigenvalue weighted by Gasteiger charge is 2.24. The third kappa shape index (κ3) is 2.14. The third-order valence-electron chi connectivity index (χ3n) is 2.85. The van der Waals surface area contributed by atoms with E-state index in [2.05, 4.69) is 5.32 Å². The first-order valence-electron chi connectivity index (χ1n) is 5.44. The van der Waals surface area contributed by atoms with E-state index in [1.165, 1.54) is 6.07 Å². The maximum atomic E-state index is 11.8. The summed E-state index contributed by atoms with van der Waals surface area (Å²) in [7, 11) is 1.72. The molecule has 1 aliphatic rings. The minimum atomic E-state index is -0.937. The van der Waals surface area contributed by atoms with Crippen molar-refractivity contribution in [2.24, 2.45) is 0 Å². The SMILES string of the molecule is CNCC(=O)N1CCc2cc(C(=O)O)ccc21. The van der Waals surface area contributed by atoms with Gasteiger partial charge in [0.15, 0.2) is 0 Å². The molecule has 0 aliphatic carbocycles. The Morgan fingerprint density at radius 3 is 2.88 bits per heavy atom. The Kier molecular flexibility index (Phi) is 3.10. The van der Waals surface area contributed by atoms with Crippen LogP contribution in [-0.2, 0) is 11.2 Å². The van der Waals surface area contributed by atoms with E-state index in [1.807, 2.05) is 0 Å². The van der Waals surface area contributed by atoms with Crippen molar-refractivity contribution < 1.29 is 14.7 Å². The molecule has 0 aromatic heterocycles. The van der Waals surface area contributed by atoms with Crippen LogP contribution in [0.25, 0.3) is 0 Å². The molecule has 0 atom stereocenters. The number of hydrogen-bond donors (Lipinski definition) is 2. The summed E-state index contributed by atoms with van der Waals surface area (Å²) in [5.74, 6) is -0.929. The van der Waals surface area contributed by atoms with Gasteiger partial charge in [-0.3, -0.25) is 4.79 Å². The van der Waals surface area contributed by atoms with Gasteiger partial charge in [-0.1, -0.05) is 0 Å². The lowest BCUT2D eigenvalue weighted by atomic mass is 10.1. The van der Waals surface area contributed by atoms with Gasteiger partial charge >= 0.3 is 5.97 Å². The highest BCUT2D eigenvalue weighted by atomic mass is 16.4. The predicted molar refractivity (Wildman–Crippen MR) is 63.4 cm³/mol. The van der Waals surface area contributed by atoms with Crippen molar-refractivity contribution in [1.82, 2.24) is 5.32 Å². The summed E-state index contributed by atoms with van der Waals surface area (Å²) in [6, 6.07) is 4.88. The number of fused-ring (bicyclic) bond motifs is 1. The number of rotatable bonds is 3. The molecule has 0 fully saturated rings. The van der Waals surface area contributed by atoms with Crippen LogP contribution in [0.5, 0.6) is 0 Å². The van der Waals surface area contributed by atoms with E-state index in [9.17, 15) is 9.59 Å². The van der Waals surface area contributed by atoms with Gasteiger partial charge in [0.2, 0.25) is 5.91 Å². The first-order chi connectivity index (χ1) is 8.13. The van der Waals surface area contributed by atoms with E-state index in [-0.39, 0.29) is 11.5 Å². The van der Waals surface area contributed by atoms with Gasteiger partial charge in [-0.05, 0) is 37.2 Å². The van der Waals surface area contributed by atoms with Crippen LogP contribution >= 0.6 is 0 Å². The number of carbonyl (C=O) groups is 2. The Balaban J connectivity index is 2.27. The van der Waals surface area contributed by atoms with E-state index < -0.39 is 5.97 Å². The molecule has 0 bridgehead atoms. The first kappa shape index (κ1) is 11.6. The molecule has 2 N–H and O–H groups in total. The van der Waals surface area contributed by atoms with Crippen LogP contribution < -0.4 is 10.2 Å². The molecule has 0 saturated carbocycles. The van der Waals surface area contributed by atoms with Crippen molar-refractivity contribution in [3.8, 4) is 0 Å². The standard InChI is InChI=1S/C12H14N2O3/c1-13-7-11(15)14-5-4-8-6-9(12(16)17)2-3-10(8)14/h2-3,6,13H,4-5,7H2,1H3,(H,16,17). The molecule has 0 unspecified atom stereocenters. The van der Waals surface area contributed by atoms with Gasteiger partial charge in [-0.15, -0.1) is 0 Å². The number of carboxylic acids is 1. The molecule has 17 heavy (non-hydrogen) atoms. The zero-order valence-electron chi connectivity index (χ0n) is 9.56. The number of likely N-dealkylation sites (N-methyl/N-ethyl adjacent to an activating group) is 1. The number of nitrogens with one attached hydrogen (secondary N) is 1. The van der Waals surface area contributed by atoms with Crippen molar-refractivity contribution in [2.45, 2.75) is 6.42 Å². The van der Waals surface area contributed by atoms with E-state index in [4.69, 9.17) is 5.11 Å². The third-order valence-corrected chi connectivity index (χ3v) is 2.85. The Hall–Kier alpha value is -1.88. The molecule has 2 rings (SSSR count). The van der Waals surface area contributed by atoms with Crippen molar-refractivity contribution in [2.75, 3.05) is 25.0 Å². The lowest BCUT2D eigenvalue weighted by Crippen LogP contribution is -2.35. The van der Waals surface area contributed by atoms with Crippen LogP contribution in [0, 0.1) is 0 Å². The average molecular weight is 234 g/mol. The van der Waals surface area contributed by atoms with Gasteiger partial charge in [0.05, 0.1) is 12.1 Å². The van der Waals surface area contributed by atoms with Gasteiger partial charge in [0.25, 0.3) is 0 Å². The monoisotopic (exact) mass is 234 g/mol. The van der Waals surface area contributed by atoms with Crippen LogP contribution in [0.15, 0.2) is 18.2 Å². The van der Waals surface area contributed by atoms with Gasteiger partial charge in [0.1, 0.15) is 0 Å². The number of benzene rings is 1. The van der Waals surface area contributed by atoms with Crippen LogP contribution in [-0.4, -0.2) is 37.1 Å². The molecule has 90 valence electrons. The number of hydrogen-bond acceptors (Lipinski definition) is 3. The molecule has 0 saturated heterocycles. The summed E-state index contributed by atoms with van der Waals surface area (Å²) in [4.78, 5) is 24.3. The van der Waals surface area contributed by atoms with E-state index in [1.54, 1.807) is 24.1 Å². The lowest BCUT2D eigenvalue weighted by molar-refractivity contribution is -0.117. The molecule has 5 heteroatoms. The van der Waals surface area contributed by atoms with E-state index in [0.29, 0.717) is 19.5 Å². The van der Waals surface area contributed by atoms with Crippen molar-refractivity contribution in [3.05, 3.63) is 29.3 Å². The number of anilines is 1. The fourth-order valence-corrected chi connectivity index (χ4v) is 2.04. The fraction of sp³-hybridized carbons (Fsp3) is 0.333. The highest BCUT2D eigenvalue weighted by Crippen LogP contribution is 2.28. The summed E-state index contributed by atoms with van der Waals surface area (Å²) in [6.45, 7) is 0.916. The normalized spacial score (nSPS) is 13.6. The second-order valence-corrected chi connectivity index (χ2v) is 3.97. The molecule has 1 aliphatic heterocycles. The average Bonchev–Trinajstić information content (AvgIpc) is 2.71. The lowest BCUT2D eigenvalue weighted by Gasteiger charge is -2.17. The number of carboxylic acid groups (broad SMARTS) is 1. The minimum Gasteiger partial charge on any atom is -0.478 e. The van der Waals surface area contributed by atoms with E-state index in [0.717, 1.165) is 11.3 Å². The molecule has 1 heterocycles. The van der Waals surface area contributed by atoms with Crippen LogP contribution in [0.3, 0.4) is 0 Å². The second-order valence-electron chi connectivity index (χ2n) is 3.97. The molecule has 0 spiro atoms. The van der Waals surface area contributed by atoms with Crippen molar-refractivity contribution in [3.63, 3.8) is 0 Å². The fourth-order valence-electron chi connectivity index (χ4n) is 2.04. The second kappa shape index (κ2) is 4.55. The number of amides is 1. The van der Waals surface area contributed by atoms with Crippen molar-refractivity contribution >= 4 is 17.6 Å². The smallest absolute Gasteiger partial charge is 0.335 e. The number of nitrogens with zero attached hydrogens (tertiary/aromatic N) is 1. The van der Waals surface area contributed by atoms with Gasteiger partial charge < -0.3 is 15.3 Å². The first-order valence-corrected chi connectivity index (χ1v) is 5.44. The summed E-state index contributed by atoms with van der Waals surface area (Å²) >= 11 is 0. The van der Waals surface area contributed by atoms with Crippen molar-refractivity contribution in [1.29, 1.82) is 0 Å². The Bertz CT molecular complexity index is 471. The van der Waals surface area contributed by atoms with Crippen LogP contribution in [0.1, 0.15) is 15.9 Å². The summed E-state index contributed by atoms with van der Waals surface area (Å²) in [5, 5.41) is 11.7. The quantitative estimate of drug-likeness (QED) is 0.798. The zero-order chi connectivity index (χ0) is 12.4. The largest absolute Gasteiger partial charge is 0.478 e. The molecule has 0 radical (unpaired) electrons. The molecule has 5 nitrogen and oxygen atoms in total. The molecule has 1 amide bonds. The highest BCUT2D eigenvalue weighted by molar-refractivity contribution is 5.98. The van der Waals surface area contributed by atoms with E-state index >= 15 is 0 Å². The summed E-state index contributed by atoms with van der Waals surface area (Å²) in [5.41, 5.74) is 2.02. The number of carbonyl (C=O) groups excluding carboxylic acids is 1. The maximum Gasteiger partial charge on any atom is 0.335 e. The van der Waals surface area contributed by atoms with Gasteiger partial charge in [0, 0.05) is 12.2 Å². The Morgan fingerprint density at radius 1 is 1.47 bits per heavy atom. The van der Waals surface area contributed by atoms with Crippen LogP contribution in [0.4, 0.5) is 5.69 Å². The van der Waals surface area contributed by atoms with Gasteiger partial charge in [-0.2, -0.15) is 0 Å². The van der Waals surface area contributed by atoms with Gasteiger partial charge in [-0.25, -0.2) is 4.79 Å². The Labute approximate surface area is 99.0 Å². The summed E-state index contributed by atoms with van der Waals surface area (Å²) < 4.78 is 0. The number of aromatic carboxylic acids is 1. The molecular formula is C12H14N2O3. The molecule has 1 aromatic carbocycles. The maximum absolute atomic E-state index is 11.8.